The lowest BCUT2D eigenvalue weighted by Crippen LogP contribution is -2.31. The van der Waals surface area contributed by atoms with Crippen molar-refractivity contribution in [2.24, 2.45) is 0 Å². The molecule has 0 aliphatic carbocycles. The molecule has 1 aliphatic heterocycles. The number of methoxy groups -OCH3 is 2. The molecule has 1 aromatic heterocycles. The Kier molecular flexibility index (Phi) is 6.03. The van der Waals surface area contributed by atoms with Gasteiger partial charge in [-0.25, -0.2) is 0 Å². The summed E-state index contributed by atoms with van der Waals surface area (Å²) in [5.41, 5.74) is 0.861. The summed E-state index contributed by atoms with van der Waals surface area (Å²) in [7, 11) is 3.04. The van der Waals surface area contributed by atoms with Crippen molar-refractivity contribution in [1.29, 1.82) is 0 Å². The molecular formula is C18H24N4O3S. The largest absolute Gasteiger partial charge is 0.495 e. The van der Waals surface area contributed by atoms with Crippen LogP contribution < -0.4 is 9.64 Å². The van der Waals surface area contributed by atoms with E-state index >= 15 is 0 Å². The third-order valence-electron chi connectivity index (χ3n) is 4.40. The van der Waals surface area contributed by atoms with Crippen molar-refractivity contribution in [1.82, 2.24) is 14.8 Å². The number of esters is 1. The van der Waals surface area contributed by atoms with E-state index in [-0.39, 0.29) is 11.2 Å². The van der Waals surface area contributed by atoms with Gasteiger partial charge in [0, 0.05) is 13.1 Å². The third kappa shape index (κ3) is 3.80. The zero-order valence-corrected chi connectivity index (χ0v) is 16.2. The summed E-state index contributed by atoms with van der Waals surface area (Å²) in [6.45, 7) is 3.70. The standard InChI is InChI=1S/C18H24N4O3S/c1-13(16(23)25-3)26-18-20-19-17(21-11-7-4-8-12-21)22(18)14-9-5-6-10-15(14)24-2/h5-6,9-10,13H,4,7-8,11-12H2,1-3H3/t13-/m0/s1. The molecule has 2 heterocycles. The maximum Gasteiger partial charge on any atom is 0.318 e. The van der Waals surface area contributed by atoms with E-state index < -0.39 is 0 Å². The highest BCUT2D eigenvalue weighted by Crippen LogP contribution is 2.34. The third-order valence-corrected chi connectivity index (χ3v) is 5.42. The average molecular weight is 376 g/mol. The Morgan fingerprint density at radius 3 is 2.58 bits per heavy atom. The summed E-state index contributed by atoms with van der Waals surface area (Å²) >= 11 is 1.33. The number of benzene rings is 1. The fourth-order valence-corrected chi connectivity index (χ4v) is 3.92. The number of carbonyl (C=O) groups excluding carboxylic acids is 1. The molecule has 0 saturated carbocycles. The van der Waals surface area contributed by atoms with Crippen LogP contribution >= 0.6 is 11.8 Å². The van der Waals surface area contributed by atoms with E-state index in [1.54, 1.807) is 14.0 Å². The molecular weight excluding hydrogens is 352 g/mol. The van der Waals surface area contributed by atoms with E-state index in [0.717, 1.165) is 43.3 Å². The monoisotopic (exact) mass is 376 g/mol. The maximum absolute atomic E-state index is 11.9. The van der Waals surface area contributed by atoms with Crippen molar-refractivity contribution in [3.05, 3.63) is 24.3 Å². The fourth-order valence-electron chi connectivity index (χ4n) is 3.03. The van der Waals surface area contributed by atoms with Crippen molar-refractivity contribution in [3.63, 3.8) is 0 Å². The minimum absolute atomic E-state index is 0.288. The predicted octanol–water partition coefficient (Wildman–Crippen LogP) is 2.92. The summed E-state index contributed by atoms with van der Waals surface area (Å²) < 4.78 is 12.4. The first-order valence-electron chi connectivity index (χ1n) is 8.74. The Morgan fingerprint density at radius 1 is 1.15 bits per heavy atom. The summed E-state index contributed by atoms with van der Waals surface area (Å²) in [6, 6.07) is 7.77. The van der Waals surface area contributed by atoms with Crippen molar-refractivity contribution in [2.45, 2.75) is 36.6 Å². The van der Waals surface area contributed by atoms with Crippen LogP contribution in [-0.4, -0.2) is 53.3 Å². The van der Waals surface area contributed by atoms with Gasteiger partial charge in [-0.3, -0.25) is 9.36 Å². The molecule has 2 aromatic rings. The van der Waals surface area contributed by atoms with Crippen molar-refractivity contribution >= 4 is 23.7 Å². The summed E-state index contributed by atoms with van der Waals surface area (Å²) in [4.78, 5) is 14.1. The fraction of sp³-hybridized carbons (Fsp3) is 0.500. The molecule has 26 heavy (non-hydrogen) atoms. The highest BCUT2D eigenvalue weighted by Gasteiger charge is 2.26. The lowest BCUT2D eigenvalue weighted by atomic mass is 10.1. The molecule has 8 heteroatoms. The van der Waals surface area contributed by atoms with Crippen LogP contribution in [0.3, 0.4) is 0 Å². The van der Waals surface area contributed by atoms with Crippen LogP contribution in [-0.2, 0) is 9.53 Å². The zero-order chi connectivity index (χ0) is 18.5. The number of ether oxygens (including phenoxy) is 2. The van der Waals surface area contributed by atoms with Gasteiger partial charge in [-0.05, 0) is 38.3 Å². The number of carbonyl (C=O) groups is 1. The van der Waals surface area contributed by atoms with Crippen LogP contribution in [0.4, 0.5) is 5.95 Å². The Hall–Kier alpha value is -2.22. The molecule has 1 atom stereocenters. The van der Waals surface area contributed by atoms with Gasteiger partial charge in [0.15, 0.2) is 5.16 Å². The number of nitrogens with zero attached hydrogens (tertiary/aromatic N) is 4. The summed E-state index contributed by atoms with van der Waals surface area (Å²) in [5, 5.41) is 9.07. The van der Waals surface area contributed by atoms with Gasteiger partial charge in [-0.2, -0.15) is 0 Å². The SMILES string of the molecule is COC(=O)[C@H](C)Sc1nnc(N2CCCCC2)n1-c1ccccc1OC. The number of hydrogen-bond acceptors (Lipinski definition) is 7. The van der Waals surface area contributed by atoms with Crippen LogP contribution in [0.15, 0.2) is 29.4 Å². The van der Waals surface area contributed by atoms with Gasteiger partial charge in [-0.15, -0.1) is 10.2 Å². The van der Waals surface area contributed by atoms with E-state index in [4.69, 9.17) is 9.47 Å². The number of anilines is 1. The number of para-hydroxylation sites is 2. The predicted molar refractivity (Wildman–Crippen MR) is 101 cm³/mol. The number of aromatic nitrogens is 3. The maximum atomic E-state index is 11.9. The molecule has 1 saturated heterocycles. The van der Waals surface area contributed by atoms with Gasteiger partial charge in [0.25, 0.3) is 0 Å². The van der Waals surface area contributed by atoms with Crippen molar-refractivity contribution in [2.75, 3.05) is 32.2 Å². The first-order chi connectivity index (χ1) is 12.7. The van der Waals surface area contributed by atoms with Gasteiger partial charge in [0.1, 0.15) is 11.0 Å². The lowest BCUT2D eigenvalue weighted by Gasteiger charge is -2.28. The molecule has 1 aromatic carbocycles. The molecule has 1 fully saturated rings. The number of thioether (sulfide) groups is 1. The lowest BCUT2D eigenvalue weighted by molar-refractivity contribution is -0.139. The Bertz CT molecular complexity index is 759. The molecule has 0 N–H and O–H groups in total. The first-order valence-corrected chi connectivity index (χ1v) is 9.62. The molecule has 0 bridgehead atoms. The Labute approximate surface area is 157 Å². The summed E-state index contributed by atoms with van der Waals surface area (Å²) in [5.74, 6) is 1.23. The normalized spacial score (nSPS) is 15.6. The van der Waals surface area contributed by atoms with Gasteiger partial charge in [0.05, 0.1) is 19.9 Å². The number of hydrogen-bond donors (Lipinski definition) is 0. The average Bonchev–Trinajstić information content (AvgIpc) is 3.11. The van der Waals surface area contributed by atoms with Crippen molar-refractivity contribution in [3.8, 4) is 11.4 Å². The highest BCUT2D eigenvalue weighted by atomic mass is 32.2. The molecule has 1 aliphatic rings. The van der Waals surface area contributed by atoms with E-state index in [9.17, 15) is 4.79 Å². The quantitative estimate of drug-likeness (QED) is 0.567. The van der Waals surface area contributed by atoms with E-state index in [1.165, 1.54) is 25.3 Å². The van der Waals surface area contributed by atoms with Crippen LogP contribution in [0.1, 0.15) is 26.2 Å². The second-order valence-electron chi connectivity index (χ2n) is 6.12. The molecule has 3 rings (SSSR count). The minimum Gasteiger partial charge on any atom is -0.495 e. The van der Waals surface area contributed by atoms with E-state index in [2.05, 4.69) is 15.1 Å². The Morgan fingerprint density at radius 2 is 1.88 bits per heavy atom. The molecule has 7 nitrogen and oxygen atoms in total. The second-order valence-corrected chi connectivity index (χ2v) is 7.43. The molecule has 0 amide bonds. The second kappa shape index (κ2) is 8.44. The first kappa shape index (κ1) is 18.6. The van der Waals surface area contributed by atoms with Crippen LogP contribution in [0.5, 0.6) is 5.75 Å². The van der Waals surface area contributed by atoms with Gasteiger partial charge in [0.2, 0.25) is 5.95 Å². The van der Waals surface area contributed by atoms with Crippen LogP contribution in [0, 0.1) is 0 Å². The van der Waals surface area contributed by atoms with Gasteiger partial charge < -0.3 is 14.4 Å². The molecule has 0 spiro atoms. The van der Waals surface area contributed by atoms with Crippen LogP contribution in [0.2, 0.25) is 0 Å². The van der Waals surface area contributed by atoms with Gasteiger partial charge >= 0.3 is 5.97 Å². The Balaban J connectivity index is 2.04. The zero-order valence-electron chi connectivity index (χ0n) is 15.3. The minimum atomic E-state index is -0.383. The summed E-state index contributed by atoms with van der Waals surface area (Å²) in [6.07, 6.45) is 3.51. The molecule has 0 radical (unpaired) electrons. The van der Waals surface area contributed by atoms with E-state index in [1.807, 2.05) is 28.8 Å². The van der Waals surface area contributed by atoms with Crippen LogP contribution in [0.25, 0.3) is 5.69 Å². The topological polar surface area (TPSA) is 69.5 Å². The molecule has 0 unspecified atom stereocenters. The smallest absolute Gasteiger partial charge is 0.318 e. The molecule has 140 valence electrons. The highest BCUT2D eigenvalue weighted by molar-refractivity contribution is 8.00. The van der Waals surface area contributed by atoms with E-state index in [0.29, 0.717) is 5.16 Å². The number of rotatable bonds is 6. The van der Waals surface area contributed by atoms with Gasteiger partial charge in [-0.1, -0.05) is 23.9 Å². The number of piperidine rings is 1. The van der Waals surface area contributed by atoms with Crippen molar-refractivity contribution < 1.29 is 14.3 Å².